The SMILES string of the molecule is N#CCN(CC#N)c1nc(Cl)c(C=O)s1. The zero-order chi connectivity index (χ0) is 11.3. The van der Waals surface area contributed by atoms with Gasteiger partial charge in [0.15, 0.2) is 16.6 Å². The fourth-order valence-corrected chi connectivity index (χ4v) is 1.93. The van der Waals surface area contributed by atoms with E-state index in [-0.39, 0.29) is 18.2 Å². The van der Waals surface area contributed by atoms with Crippen LogP contribution in [0.4, 0.5) is 5.13 Å². The molecule has 1 aromatic heterocycles. The van der Waals surface area contributed by atoms with Crippen LogP contribution in [0.15, 0.2) is 0 Å². The molecular weight excluding hydrogens is 236 g/mol. The largest absolute Gasteiger partial charge is 0.321 e. The summed E-state index contributed by atoms with van der Waals surface area (Å²) in [4.78, 5) is 16.2. The Bertz CT molecular complexity index is 428. The number of hydrogen-bond donors (Lipinski definition) is 0. The predicted molar refractivity (Wildman–Crippen MR) is 56.0 cm³/mol. The summed E-state index contributed by atoms with van der Waals surface area (Å²) in [7, 11) is 0. The van der Waals surface area contributed by atoms with E-state index in [1.54, 1.807) is 0 Å². The van der Waals surface area contributed by atoms with Crippen molar-refractivity contribution in [1.82, 2.24) is 4.98 Å². The third kappa shape index (κ3) is 2.66. The molecule has 1 rings (SSSR count). The van der Waals surface area contributed by atoms with Crippen LogP contribution in [0, 0.1) is 22.7 Å². The first-order chi connectivity index (χ1) is 7.22. The van der Waals surface area contributed by atoms with Gasteiger partial charge < -0.3 is 4.90 Å². The lowest BCUT2D eigenvalue weighted by Gasteiger charge is -2.12. The second-order valence-corrected chi connectivity index (χ2v) is 3.81. The highest BCUT2D eigenvalue weighted by Crippen LogP contribution is 2.27. The molecule has 0 saturated carbocycles. The molecule has 0 fully saturated rings. The first-order valence-electron chi connectivity index (χ1n) is 3.83. The lowest BCUT2D eigenvalue weighted by molar-refractivity contribution is 0.112. The van der Waals surface area contributed by atoms with E-state index in [4.69, 9.17) is 22.1 Å². The van der Waals surface area contributed by atoms with Crippen LogP contribution >= 0.6 is 22.9 Å². The average molecular weight is 241 g/mol. The van der Waals surface area contributed by atoms with E-state index in [9.17, 15) is 4.79 Å². The zero-order valence-corrected chi connectivity index (χ0v) is 9.05. The average Bonchev–Trinajstić information content (AvgIpc) is 2.59. The Balaban J connectivity index is 2.97. The summed E-state index contributed by atoms with van der Waals surface area (Å²) in [6, 6.07) is 3.82. The maximum Gasteiger partial charge on any atom is 0.189 e. The Kier molecular flexibility index (Phi) is 4.04. The molecule has 0 N–H and O–H groups in total. The molecule has 1 heterocycles. The van der Waals surface area contributed by atoms with E-state index in [1.807, 2.05) is 12.1 Å². The number of carbonyl (C=O) groups is 1. The molecule has 0 aromatic carbocycles. The van der Waals surface area contributed by atoms with Crippen molar-refractivity contribution in [2.24, 2.45) is 0 Å². The van der Waals surface area contributed by atoms with Gasteiger partial charge in [0.25, 0.3) is 0 Å². The summed E-state index contributed by atoms with van der Waals surface area (Å²) in [6.07, 6.45) is 0.598. The molecular formula is C8H5ClN4OS. The molecule has 0 aliphatic carbocycles. The Hall–Kier alpha value is -1.63. The molecule has 0 unspecified atom stereocenters. The predicted octanol–water partition coefficient (Wildman–Crippen LogP) is 1.46. The number of nitriles is 2. The topological polar surface area (TPSA) is 80.8 Å². The van der Waals surface area contributed by atoms with Crippen LogP contribution in [-0.4, -0.2) is 24.4 Å². The van der Waals surface area contributed by atoms with E-state index in [0.717, 1.165) is 11.3 Å². The van der Waals surface area contributed by atoms with Gasteiger partial charge in [0, 0.05) is 0 Å². The molecule has 0 aliphatic rings. The van der Waals surface area contributed by atoms with E-state index < -0.39 is 0 Å². The summed E-state index contributed by atoms with van der Waals surface area (Å²) >= 11 is 6.73. The number of hydrogen-bond acceptors (Lipinski definition) is 6. The van der Waals surface area contributed by atoms with Crippen molar-refractivity contribution < 1.29 is 4.79 Å². The van der Waals surface area contributed by atoms with Gasteiger partial charge in [0.2, 0.25) is 0 Å². The number of anilines is 1. The fourth-order valence-electron chi connectivity index (χ4n) is 0.872. The highest BCUT2D eigenvalue weighted by molar-refractivity contribution is 7.17. The van der Waals surface area contributed by atoms with E-state index in [1.165, 1.54) is 4.90 Å². The van der Waals surface area contributed by atoms with Crippen LogP contribution in [0.5, 0.6) is 0 Å². The van der Waals surface area contributed by atoms with Crippen LogP contribution in [0.3, 0.4) is 0 Å². The highest BCUT2D eigenvalue weighted by Gasteiger charge is 2.14. The molecule has 0 radical (unpaired) electrons. The van der Waals surface area contributed by atoms with Gasteiger partial charge in [-0.3, -0.25) is 4.79 Å². The van der Waals surface area contributed by atoms with E-state index in [2.05, 4.69) is 4.98 Å². The lowest BCUT2D eigenvalue weighted by atomic mass is 10.5. The quantitative estimate of drug-likeness (QED) is 0.588. The molecule has 7 heteroatoms. The maximum absolute atomic E-state index is 10.5. The number of thiazole rings is 1. The first kappa shape index (κ1) is 11.4. The highest BCUT2D eigenvalue weighted by atomic mass is 35.5. The summed E-state index contributed by atoms with van der Waals surface area (Å²) in [5, 5.41) is 17.6. The van der Waals surface area contributed by atoms with Gasteiger partial charge in [-0.25, -0.2) is 4.98 Å². The lowest BCUT2D eigenvalue weighted by Crippen LogP contribution is -2.23. The Labute approximate surface area is 95.1 Å². The minimum atomic E-state index is 0.0374. The van der Waals surface area contributed by atoms with E-state index >= 15 is 0 Å². The van der Waals surface area contributed by atoms with E-state index in [0.29, 0.717) is 16.3 Å². The van der Waals surface area contributed by atoms with Crippen LogP contribution in [0.25, 0.3) is 0 Å². The minimum Gasteiger partial charge on any atom is -0.321 e. The van der Waals surface area contributed by atoms with Crippen molar-refractivity contribution in [2.75, 3.05) is 18.0 Å². The smallest absolute Gasteiger partial charge is 0.189 e. The molecule has 0 aliphatic heterocycles. The minimum absolute atomic E-state index is 0.0374. The Morgan fingerprint density at radius 2 is 2.07 bits per heavy atom. The molecule has 76 valence electrons. The van der Waals surface area contributed by atoms with Crippen molar-refractivity contribution in [3.05, 3.63) is 10.0 Å². The van der Waals surface area contributed by atoms with Gasteiger partial charge >= 0.3 is 0 Å². The molecule has 0 saturated heterocycles. The number of carbonyl (C=O) groups excluding carboxylic acids is 1. The molecule has 5 nitrogen and oxygen atoms in total. The van der Waals surface area contributed by atoms with Crippen molar-refractivity contribution in [3.63, 3.8) is 0 Å². The van der Waals surface area contributed by atoms with Crippen molar-refractivity contribution in [3.8, 4) is 12.1 Å². The Morgan fingerprint density at radius 3 is 2.47 bits per heavy atom. The van der Waals surface area contributed by atoms with Crippen LogP contribution < -0.4 is 4.90 Å². The summed E-state index contributed by atoms with van der Waals surface area (Å²) < 4.78 is 0. The number of aromatic nitrogens is 1. The molecule has 0 amide bonds. The van der Waals surface area contributed by atoms with Crippen LogP contribution in [0.1, 0.15) is 9.67 Å². The first-order valence-corrected chi connectivity index (χ1v) is 5.02. The monoisotopic (exact) mass is 240 g/mol. The summed E-state index contributed by atoms with van der Waals surface area (Å²) in [5.41, 5.74) is 0. The normalized spacial score (nSPS) is 9.00. The van der Waals surface area contributed by atoms with Crippen LogP contribution in [0.2, 0.25) is 5.15 Å². The molecule has 0 atom stereocenters. The maximum atomic E-state index is 10.5. The second kappa shape index (κ2) is 5.30. The molecule has 0 spiro atoms. The standard InChI is InChI=1S/C8H5ClN4OS/c9-7-6(5-14)15-8(12-7)13(3-1-10)4-2-11/h5H,3-4H2. The molecule has 15 heavy (non-hydrogen) atoms. The van der Waals surface area contributed by atoms with Gasteiger partial charge in [-0.2, -0.15) is 10.5 Å². The van der Waals surface area contributed by atoms with Gasteiger partial charge in [0.1, 0.15) is 18.0 Å². The number of halogens is 1. The molecule has 1 aromatic rings. The van der Waals surface area contributed by atoms with Crippen molar-refractivity contribution in [1.29, 1.82) is 10.5 Å². The molecule has 0 bridgehead atoms. The van der Waals surface area contributed by atoms with Gasteiger partial charge in [-0.05, 0) is 0 Å². The fraction of sp³-hybridized carbons (Fsp3) is 0.250. The van der Waals surface area contributed by atoms with Crippen LogP contribution in [-0.2, 0) is 0 Å². The summed E-state index contributed by atoms with van der Waals surface area (Å²) in [6.45, 7) is 0.0748. The number of aldehydes is 1. The third-order valence-corrected chi connectivity index (χ3v) is 2.94. The second-order valence-electron chi connectivity index (χ2n) is 2.44. The number of rotatable bonds is 4. The van der Waals surface area contributed by atoms with Gasteiger partial charge in [-0.15, -0.1) is 0 Å². The number of nitrogens with zero attached hydrogens (tertiary/aromatic N) is 4. The van der Waals surface area contributed by atoms with Crippen molar-refractivity contribution >= 4 is 34.4 Å². The Morgan fingerprint density at radius 1 is 1.47 bits per heavy atom. The van der Waals surface area contributed by atoms with Gasteiger partial charge in [0.05, 0.1) is 12.1 Å². The summed E-state index contributed by atoms with van der Waals surface area (Å²) in [5.74, 6) is 0. The third-order valence-electron chi connectivity index (χ3n) is 1.50. The van der Waals surface area contributed by atoms with Gasteiger partial charge in [-0.1, -0.05) is 22.9 Å². The zero-order valence-electron chi connectivity index (χ0n) is 7.47. The van der Waals surface area contributed by atoms with Crippen molar-refractivity contribution in [2.45, 2.75) is 0 Å².